The number of carbonyl (C=O) groups is 1. The number of rotatable bonds is 4. The Bertz CT molecular complexity index is 350. The second-order valence-electron chi connectivity index (χ2n) is 3.28. The Labute approximate surface area is 96.4 Å². The lowest BCUT2D eigenvalue weighted by atomic mass is 9.95. The van der Waals surface area contributed by atoms with E-state index in [2.05, 4.69) is 20.1 Å². The van der Waals surface area contributed by atoms with Crippen molar-refractivity contribution >= 4 is 39.8 Å². The van der Waals surface area contributed by atoms with Gasteiger partial charge >= 0.3 is 0 Å². The Kier molecular flexibility index (Phi) is 4.04. The van der Waals surface area contributed by atoms with Crippen molar-refractivity contribution in [3.8, 4) is 0 Å². The maximum atomic E-state index is 11.7. The van der Waals surface area contributed by atoms with Crippen LogP contribution < -0.4 is 11.1 Å². The first-order valence-corrected chi connectivity index (χ1v) is 5.45. The van der Waals surface area contributed by atoms with Gasteiger partial charge < -0.3 is 5.73 Å². The van der Waals surface area contributed by atoms with E-state index in [4.69, 9.17) is 18.0 Å². The molecular formula is C7H11N5OS2. The van der Waals surface area contributed by atoms with Crippen LogP contribution in [0, 0.1) is 11.8 Å². The van der Waals surface area contributed by atoms with Crippen molar-refractivity contribution in [1.82, 2.24) is 14.8 Å². The van der Waals surface area contributed by atoms with Gasteiger partial charge in [-0.1, -0.05) is 35.7 Å². The van der Waals surface area contributed by atoms with Gasteiger partial charge in [-0.3, -0.25) is 10.1 Å². The van der Waals surface area contributed by atoms with Crippen LogP contribution in [0.15, 0.2) is 0 Å². The minimum absolute atomic E-state index is 0.0448. The molecule has 0 saturated carbocycles. The normalized spacial score (nSPS) is 12.5. The first kappa shape index (κ1) is 11.9. The van der Waals surface area contributed by atoms with E-state index in [1.54, 1.807) is 0 Å². The topological polar surface area (TPSA) is 93.8 Å². The predicted molar refractivity (Wildman–Crippen MR) is 61.4 cm³/mol. The number of nitrogens with one attached hydrogen (secondary N) is 1. The van der Waals surface area contributed by atoms with Crippen LogP contribution in [-0.2, 0) is 4.79 Å². The van der Waals surface area contributed by atoms with Gasteiger partial charge in [-0.25, -0.2) is 0 Å². The van der Waals surface area contributed by atoms with Gasteiger partial charge in [0.1, 0.15) is 0 Å². The maximum Gasteiger partial charge on any atom is 0.236 e. The van der Waals surface area contributed by atoms with E-state index in [1.807, 2.05) is 13.8 Å². The van der Waals surface area contributed by atoms with E-state index in [9.17, 15) is 4.79 Å². The number of nitrogens with two attached hydrogens (primary N) is 1. The van der Waals surface area contributed by atoms with Gasteiger partial charge in [0.15, 0.2) is 0 Å². The monoisotopic (exact) mass is 245 g/mol. The molecule has 1 atom stereocenters. The lowest BCUT2D eigenvalue weighted by molar-refractivity contribution is -0.118. The quantitative estimate of drug-likeness (QED) is 0.747. The molecule has 0 spiro atoms. The molecule has 82 valence electrons. The molecule has 6 nitrogen and oxygen atoms in total. The third-order valence-corrected chi connectivity index (χ3v) is 2.55. The molecule has 1 aromatic heterocycles. The van der Waals surface area contributed by atoms with Crippen molar-refractivity contribution in [3.05, 3.63) is 0 Å². The average Bonchev–Trinajstić information content (AvgIpc) is 2.54. The van der Waals surface area contributed by atoms with Crippen LogP contribution in [0.2, 0.25) is 0 Å². The Morgan fingerprint density at radius 1 is 1.60 bits per heavy atom. The van der Waals surface area contributed by atoms with Crippen molar-refractivity contribution in [2.45, 2.75) is 13.8 Å². The number of hydrogen-bond acceptors (Lipinski definition) is 6. The van der Waals surface area contributed by atoms with Crippen LogP contribution in [0.1, 0.15) is 13.8 Å². The molecule has 8 heteroatoms. The van der Waals surface area contributed by atoms with Crippen LogP contribution in [0.4, 0.5) is 5.13 Å². The highest BCUT2D eigenvalue weighted by Crippen LogP contribution is 2.15. The molecule has 0 fully saturated rings. The van der Waals surface area contributed by atoms with Crippen molar-refractivity contribution < 1.29 is 4.79 Å². The minimum atomic E-state index is -0.496. The third-order valence-electron chi connectivity index (χ3n) is 1.79. The average molecular weight is 245 g/mol. The van der Waals surface area contributed by atoms with Gasteiger partial charge in [-0.2, -0.15) is 0 Å². The Balaban J connectivity index is 2.69. The molecule has 0 aliphatic heterocycles. The Morgan fingerprint density at radius 3 is 2.67 bits per heavy atom. The molecule has 1 heterocycles. The summed E-state index contributed by atoms with van der Waals surface area (Å²) in [7, 11) is 0. The molecule has 0 aromatic carbocycles. The molecule has 1 rings (SSSR count). The molecule has 1 aromatic rings. The second-order valence-corrected chi connectivity index (χ2v) is 4.48. The van der Waals surface area contributed by atoms with Crippen LogP contribution >= 0.6 is 23.8 Å². The third kappa shape index (κ3) is 3.17. The molecule has 0 aliphatic rings. The smallest absolute Gasteiger partial charge is 0.236 e. The van der Waals surface area contributed by atoms with E-state index >= 15 is 0 Å². The summed E-state index contributed by atoms with van der Waals surface area (Å²) in [6.45, 7) is 3.75. The number of amides is 1. The number of nitrogens with zero attached hydrogens (tertiary/aromatic N) is 3. The summed E-state index contributed by atoms with van der Waals surface area (Å²) in [5, 5.41) is 9.87. The first-order chi connectivity index (χ1) is 7.02. The van der Waals surface area contributed by atoms with Gasteiger partial charge in [-0.05, 0) is 11.1 Å². The zero-order valence-electron chi connectivity index (χ0n) is 8.30. The largest absolute Gasteiger partial charge is 0.393 e. The predicted octanol–water partition coefficient (Wildman–Crippen LogP) is 0.430. The van der Waals surface area contributed by atoms with Crippen molar-refractivity contribution in [2.75, 3.05) is 5.32 Å². The Morgan fingerprint density at radius 2 is 2.27 bits per heavy atom. The fourth-order valence-electron chi connectivity index (χ4n) is 1.13. The number of thiocarbonyl (C=S) groups is 1. The highest BCUT2D eigenvalue weighted by Gasteiger charge is 2.25. The number of anilines is 1. The summed E-state index contributed by atoms with van der Waals surface area (Å²) in [5.41, 5.74) is 5.49. The van der Waals surface area contributed by atoms with Crippen LogP contribution in [0.3, 0.4) is 0 Å². The zero-order chi connectivity index (χ0) is 11.4. The molecule has 0 radical (unpaired) electrons. The fourth-order valence-corrected chi connectivity index (χ4v) is 1.87. The molecule has 1 unspecified atom stereocenters. The zero-order valence-corrected chi connectivity index (χ0v) is 9.93. The second kappa shape index (κ2) is 5.08. The van der Waals surface area contributed by atoms with Crippen molar-refractivity contribution in [3.63, 3.8) is 0 Å². The molecule has 1 amide bonds. The van der Waals surface area contributed by atoms with Crippen molar-refractivity contribution in [1.29, 1.82) is 0 Å². The maximum absolute atomic E-state index is 11.7. The standard InChI is InChI=1S/C7H11N5OS2/c1-3(2)4(5(8)14)6(13)9-7-10-11-12-15-7/h3-4H,1-2H3,(H2,8,14)(H,9,10,12,13). The molecule has 0 aliphatic carbocycles. The molecule has 15 heavy (non-hydrogen) atoms. The highest BCUT2D eigenvalue weighted by molar-refractivity contribution is 7.80. The SMILES string of the molecule is CC(C)C(C(=O)Nc1nnns1)C(N)=S. The molecule has 0 saturated heterocycles. The summed E-state index contributed by atoms with van der Waals surface area (Å²) in [6, 6.07) is 0. The number of aromatic nitrogens is 3. The van der Waals surface area contributed by atoms with E-state index in [1.165, 1.54) is 0 Å². The van der Waals surface area contributed by atoms with Gasteiger partial charge in [-0.15, -0.1) is 0 Å². The summed E-state index contributed by atoms with van der Waals surface area (Å²) in [6.07, 6.45) is 0. The lowest BCUT2D eigenvalue weighted by Crippen LogP contribution is -2.36. The minimum Gasteiger partial charge on any atom is -0.393 e. The van der Waals surface area contributed by atoms with E-state index in [0.717, 1.165) is 11.5 Å². The summed E-state index contributed by atoms with van der Waals surface area (Å²) in [4.78, 5) is 11.9. The van der Waals surface area contributed by atoms with Gasteiger partial charge in [0.2, 0.25) is 11.0 Å². The number of hydrogen-bond donors (Lipinski definition) is 2. The van der Waals surface area contributed by atoms with Gasteiger partial charge in [0.25, 0.3) is 0 Å². The van der Waals surface area contributed by atoms with Gasteiger partial charge in [0, 0.05) is 11.5 Å². The van der Waals surface area contributed by atoms with Crippen LogP contribution in [-0.4, -0.2) is 25.7 Å². The van der Waals surface area contributed by atoms with Crippen LogP contribution in [0.5, 0.6) is 0 Å². The molecule has 3 N–H and O–H groups in total. The van der Waals surface area contributed by atoms with E-state index < -0.39 is 5.92 Å². The first-order valence-electron chi connectivity index (χ1n) is 4.27. The van der Waals surface area contributed by atoms with Crippen LogP contribution in [0.25, 0.3) is 0 Å². The molecule has 0 bridgehead atoms. The highest BCUT2D eigenvalue weighted by atomic mass is 32.1. The molecular weight excluding hydrogens is 234 g/mol. The summed E-state index contributed by atoms with van der Waals surface area (Å²) in [5.74, 6) is -0.719. The van der Waals surface area contributed by atoms with E-state index in [0.29, 0.717) is 5.13 Å². The fraction of sp³-hybridized carbons (Fsp3) is 0.571. The number of carbonyl (C=O) groups excluding carboxylic acids is 1. The Hall–Kier alpha value is -1.15. The lowest BCUT2D eigenvalue weighted by Gasteiger charge is -2.17. The summed E-state index contributed by atoms with van der Waals surface area (Å²) >= 11 is 5.84. The van der Waals surface area contributed by atoms with Crippen molar-refractivity contribution in [2.24, 2.45) is 17.6 Å². The summed E-state index contributed by atoms with van der Waals surface area (Å²) < 4.78 is 3.53. The van der Waals surface area contributed by atoms with Gasteiger partial charge in [0.05, 0.1) is 10.9 Å². The van der Waals surface area contributed by atoms with E-state index in [-0.39, 0.29) is 16.8 Å².